The van der Waals surface area contributed by atoms with Crippen LogP contribution in [-0.2, 0) is 0 Å². The average Bonchev–Trinajstić information content (AvgIpc) is 2.32. The molecule has 0 radical (unpaired) electrons. The van der Waals surface area contributed by atoms with Crippen molar-refractivity contribution in [1.82, 2.24) is 0 Å². The topological polar surface area (TPSA) is 52.0 Å². The minimum Gasteiger partial charge on any atom is -0.399 e. The summed E-state index contributed by atoms with van der Waals surface area (Å²) in [6.07, 6.45) is 0. The van der Waals surface area contributed by atoms with E-state index in [2.05, 4.69) is 0 Å². The van der Waals surface area contributed by atoms with E-state index in [1.807, 2.05) is 0 Å². The van der Waals surface area contributed by atoms with Gasteiger partial charge in [0.2, 0.25) is 0 Å². The van der Waals surface area contributed by atoms with Crippen LogP contribution < -0.4 is 11.5 Å². The Morgan fingerprint density at radius 2 is 1.59 bits per heavy atom. The molecule has 2 aromatic carbocycles. The Bertz CT molecular complexity index is 523. The smallest absolute Gasteiger partial charge is 0.128 e. The lowest BCUT2D eigenvalue weighted by Crippen LogP contribution is -2.14. The number of anilines is 1. The molecule has 0 aliphatic heterocycles. The van der Waals surface area contributed by atoms with Crippen LogP contribution in [0.4, 0.5) is 14.5 Å². The molecule has 0 aromatic heterocycles. The van der Waals surface area contributed by atoms with Crippen LogP contribution in [0.25, 0.3) is 0 Å². The number of nitrogen functional groups attached to an aromatic ring is 1. The first-order chi connectivity index (χ1) is 8.08. The van der Waals surface area contributed by atoms with Crippen LogP contribution in [0.1, 0.15) is 17.2 Å². The third-order valence-electron chi connectivity index (χ3n) is 2.59. The second-order valence-corrected chi connectivity index (χ2v) is 3.81. The summed E-state index contributed by atoms with van der Waals surface area (Å²) >= 11 is 0. The molecule has 0 bridgehead atoms. The highest BCUT2D eigenvalue weighted by Gasteiger charge is 2.14. The fourth-order valence-corrected chi connectivity index (χ4v) is 1.64. The summed E-state index contributed by atoms with van der Waals surface area (Å²) in [4.78, 5) is 0. The fraction of sp³-hybridized carbons (Fsp3) is 0.0769. The van der Waals surface area contributed by atoms with Gasteiger partial charge < -0.3 is 11.5 Å². The molecule has 0 heterocycles. The summed E-state index contributed by atoms with van der Waals surface area (Å²) in [6, 6.07) is 9.28. The van der Waals surface area contributed by atoms with Crippen molar-refractivity contribution < 1.29 is 8.78 Å². The molecule has 0 aliphatic carbocycles. The number of hydrogen-bond acceptors (Lipinski definition) is 2. The van der Waals surface area contributed by atoms with Crippen molar-refractivity contribution in [2.45, 2.75) is 6.04 Å². The Kier molecular flexibility index (Phi) is 3.06. The zero-order valence-electron chi connectivity index (χ0n) is 9.03. The highest BCUT2D eigenvalue weighted by Crippen LogP contribution is 2.23. The van der Waals surface area contributed by atoms with Crippen LogP contribution in [0.2, 0.25) is 0 Å². The van der Waals surface area contributed by atoms with E-state index in [4.69, 9.17) is 11.5 Å². The van der Waals surface area contributed by atoms with E-state index < -0.39 is 17.7 Å². The Balaban J connectivity index is 2.39. The van der Waals surface area contributed by atoms with Crippen LogP contribution in [0.5, 0.6) is 0 Å². The van der Waals surface area contributed by atoms with Crippen molar-refractivity contribution >= 4 is 5.69 Å². The number of rotatable bonds is 2. The lowest BCUT2D eigenvalue weighted by molar-refractivity contribution is 0.576. The van der Waals surface area contributed by atoms with Gasteiger partial charge in [-0.15, -0.1) is 0 Å². The van der Waals surface area contributed by atoms with Crippen LogP contribution in [-0.4, -0.2) is 0 Å². The van der Waals surface area contributed by atoms with Gasteiger partial charge in [-0.2, -0.15) is 0 Å². The maximum Gasteiger partial charge on any atom is 0.128 e. The van der Waals surface area contributed by atoms with Gasteiger partial charge in [0.15, 0.2) is 0 Å². The van der Waals surface area contributed by atoms with Crippen molar-refractivity contribution in [1.29, 1.82) is 0 Å². The second kappa shape index (κ2) is 4.51. The molecule has 1 unspecified atom stereocenters. The number of nitrogens with two attached hydrogens (primary N) is 2. The molecule has 0 fully saturated rings. The molecule has 17 heavy (non-hydrogen) atoms. The van der Waals surface area contributed by atoms with E-state index in [0.29, 0.717) is 11.3 Å². The Morgan fingerprint density at radius 1 is 0.941 bits per heavy atom. The third kappa shape index (κ3) is 2.42. The third-order valence-corrected chi connectivity index (χ3v) is 2.59. The van der Waals surface area contributed by atoms with Gasteiger partial charge in [-0.1, -0.05) is 12.1 Å². The maximum atomic E-state index is 13.5. The number of hydrogen-bond donors (Lipinski definition) is 2. The van der Waals surface area contributed by atoms with Gasteiger partial charge in [0.05, 0.1) is 6.04 Å². The molecule has 2 nitrogen and oxygen atoms in total. The monoisotopic (exact) mass is 234 g/mol. The first-order valence-electron chi connectivity index (χ1n) is 5.14. The molecule has 4 heteroatoms. The molecule has 2 aromatic rings. The summed E-state index contributed by atoms with van der Waals surface area (Å²) in [5.74, 6) is -1.02. The van der Waals surface area contributed by atoms with Gasteiger partial charge in [0.25, 0.3) is 0 Å². The Morgan fingerprint density at radius 3 is 2.24 bits per heavy atom. The number of halogens is 2. The van der Waals surface area contributed by atoms with E-state index in [-0.39, 0.29) is 5.56 Å². The van der Waals surface area contributed by atoms with Gasteiger partial charge in [-0.3, -0.25) is 0 Å². The maximum absolute atomic E-state index is 13.5. The molecular formula is C13H12F2N2. The van der Waals surface area contributed by atoms with Crippen LogP contribution >= 0.6 is 0 Å². The molecule has 4 N–H and O–H groups in total. The first kappa shape index (κ1) is 11.5. The minimum atomic E-state index is -0.703. The van der Waals surface area contributed by atoms with E-state index in [1.165, 1.54) is 0 Å². The summed E-state index contributed by atoms with van der Waals surface area (Å²) in [7, 11) is 0. The number of benzene rings is 2. The SMILES string of the molecule is Nc1ccc(C(N)c2cc(F)ccc2F)cc1. The fourth-order valence-electron chi connectivity index (χ4n) is 1.64. The predicted octanol–water partition coefficient (Wildman–Crippen LogP) is 2.60. The van der Waals surface area contributed by atoms with E-state index >= 15 is 0 Å². The summed E-state index contributed by atoms with van der Waals surface area (Å²) in [5, 5.41) is 0. The lowest BCUT2D eigenvalue weighted by atomic mass is 9.99. The van der Waals surface area contributed by atoms with Crippen LogP contribution in [0, 0.1) is 11.6 Å². The first-order valence-corrected chi connectivity index (χ1v) is 5.14. The zero-order chi connectivity index (χ0) is 12.4. The van der Waals surface area contributed by atoms with Gasteiger partial charge in [0, 0.05) is 11.3 Å². The van der Waals surface area contributed by atoms with Crippen LogP contribution in [0.3, 0.4) is 0 Å². The minimum absolute atomic E-state index is 0.134. The standard InChI is InChI=1S/C13H12F2N2/c14-9-3-6-12(15)11(7-9)13(17)8-1-4-10(16)5-2-8/h1-7,13H,16-17H2. The Labute approximate surface area is 97.9 Å². The van der Waals surface area contributed by atoms with E-state index in [0.717, 1.165) is 18.2 Å². The average molecular weight is 234 g/mol. The van der Waals surface area contributed by atoms with E-state index in [9.17, 15) is 8.78 Å². The van der Waals surface area contributed by atoms with Crippen molar-refractivity contribution in [2.75, 3.05) is 5.73 Å². The molecule has 1 atom stereocenters. The normalized spacial score (nSPS) is 12.4. The van der Waals surface area contributed by atoms with Crippen molar-refractivity contribution in [3.8, 4) is 0 Å². The Hall–Kier alpha value is -1.94. The van der Waals surface area contributed by atoms with Gasteiger partial charge in [0.1, 0.15) is 11.6 Å². The predicted molar refractivity (Wildman–Crippen MR) is 63.2 cm³/mol. The molecule has 0 saturated heterocycles. The molecule has 88 valence electrons. The highest BCUT2D eigenvalue weighted by atomic mass is 19.1. The van der Waals surface area contributed by atoms with Gasteiger partial charge >= 0.3 is 0 Å². The zero-order valence-corrected chi connectivity index (χ0v) is 9.03. The summed E-state index contributed by atoms with van der Waals surface area (Å²) < 4.78 is 26.6. The lowest BCUT2D eigenvalue weighted by Gasteiger charge is -2.13. The molecule has 0 aliphatic rings. The quantitative estimate of drug-likeness (QED) is 0.785. The van der Waals surface area contributed by atoms with Crippen molar-refractivity contribution in [3.05, 3.63) is 65.2 Å². The van der Waals surface area contributed by atoms with Crippen LogP contribution in [0.15, 0.2) is 42.5 Å². The molecular weight excluding hydrogens is 222 g/mol. The van der Waals surface area contributed by atoms with Gasteiger partial charge in [-0.25, -0.2) is 8.78 Å². The van der Waals surface area contributed by atoms with Gasteiger partial charge in [-0.05, 0) is 35.9 Å². The summed E-state index contributed by atoms with van der Waals surface area (Å²) in [5.41, 5.74) is 12.8. The molecule has 0 spiro atoms. The molecule has 0 amide bonds. The van der Waals surface area contributed by atoms with Crippen molar-refractivity contribution in [2.24, 2.45) is 5.73 Å². The summed E-state index contributed by atoms with van der Waals surface area (Å²) in [6.45, 7) is 0. The molecule has 0 saturated carbocycles. The van der Waals surface area contributed by atoms with Crippen molar-refractivity contribution in [3.63, 3.8) is 0 Å². The highest BCUT2D eigenvalue weighted by molar-refractivity contribution is 5.42. The molecule has 2 rings (SSSR count). The van der Waals surface area contributed by atoms with E-state index in [1.54, 1.807) is 24.3 Å². The second-order valence-electron chi connectivity index (χ2n) is 3.81. The largest absolute Gasteiger partial charge is 0.399 e.